The Bertz CT molecular complexity index is 1020. The molecule has 0 spiro atoms. The number of ether oxygens (including phenoxy) is 2. The molecule has 3 rings (SSSR count). The molecule has 0 aliphatic heterocycles. The number of H-pyrrole nitrogens is 1. The van der Waals surface area contributed by atoms with E-state index in [2.05, 4.69) is 53.7 Å². The third kappa shape index (κ3) is 6.77. The lowest BCUT2D eigenvalue weighted by Crippen LogP contribution is -2.38. The molecule has 1 heterocycles. The SMILES string of the molecule is CCNC(=NCc1ccc(OCCO)c(OC)c1)NCCc1c(C)[nH]c2ccccc12.I. The predicted octanol–water partition coefficient (Wildman–Crippen LogP) is 3.77. The van der Waals surface area contributed by atoms with Crippen LogP contribution < -0.4 is 20.1 Å². The van der Waals surface area contributed by atoms with Gasteiger partial charge in [0.1, 0.15) is 6.61 Å². The lowest BCUT2D eigenvalue weighted by Gasteiger charge is -2.13. The molecule has 4 N–H and O–H groups in total. The maximum Gasteiger partial charge on any atom is 0.191 e. The smallest absolute Gasteiger partial charge is 0.191 e. The first-order valence-corrected chi connectivity index (χ1v) is 10.6. The number of halogens is 1. The van der Waals surface area contributed by atoms with E-state index in [1.807, 2.05) is 18.2 Å². The van der Waals surface area contributed by atoms with E-state index in [1.165, 1.54) is 22.2 Å². The van der Waals surface area contributed by atoms with Crippen LogP contribution >= 0.6 is 24.0 Å². The number of rotatable bonds is 10. The van der Waals surface area contributed by atoms with Crippen molar-refractivity contribution in [3.63, 3.8) is 0 Å². The highest BCUT2D eigenvalue weighted by molar-refractivity contribution is 14.0. The highest BCUT2D eigenvalue weighted by Crippen LogP contribution is 2.28. The average molecular weight is 552 g/mol. The van der Waals surface area contributed by atoms with Crippen LogP contribution in [0.2, 0.25) is 0 Å². The van der Waals surface area contributed by atoms with E-state index in [1.54, 1.807) is 7.11 Å². The average Bonchev–Trinajstić information content (AvgIpc) is 3.11. The number of hydrogen-bond acceptors (Lipinski definition) is 4. The Morgan fingerprint density at radius 3 is 2.69 bits per heavy atom. The monoisotopic (exact) mass is 552 g/mol. The van der Waals surface area contributed by atoms with Crippen LogP contribution in [-0.2, 0) is 13.0 Å². The maximum absolute atomic E-state index is 8.94. The number of fused-ring (bicyclic) bond motifs is 1. The summed E-state index contributed by atoms with van der Waals surface area (Å²) in [6, 6.07) is 14.1. The number of guanidine groups is 1. The number of aliphatic imine (C=N–C) groups is 1. The minimum absolute atomic E-state index is 0. The zero-order chi connectivity index (χ0) is 22.1. The Morgan fingerprint density at radius 1 is 1.12 bits per heavy atom. The molecule has 2 aromatic carbocycles. The lowest BCUT2D eigenvalue weighted by atomic mass is 10.1. The summed E-state index contributed by atoms with van der Waals surface area (Å²) < 4.78 is 10.9. The molecule has 0 bridgehead atoms. The van der Waals surface area contributed by atoms with Gasteiger partial charge in [-0.25, -0.2) is 4.99 Å². The number of aliphatic hydroxyl groups is 1. The summed E-state index contributed by atoms with van der Waals surface area (Å²) >= 11 is 0. The van der Waals surface area contributed by atoms with Gasteiger partial charge in [-0.15, -0.1) is 24.0 Å². The summed E-state index contributed by atoms with van der Waals surface area (Å²) in [6.45, 7) is 6.45. The van der Waals surface area contributed by atoms with Gasteiger partial charge in [-0.1, -0.05) is 24.3 Å². The fourth-order valence-electron chi connectivity index (χ4n) is 3.56. The molecule has 0 amide bonds. The molecule has 174 valence electrons. The minimum atomic E-state index is -0.0367. The van der Waals surface area contributed by atoms with Crippen LogP contribution in [0, 0.1) is 6.92 Å². The molecule has 3 aromatic rings. The fraction of sp³-hybridized carbons (Fsp3) is 0.375. The predicted molar refractivity (Wildman–Crippen MR) is 141 cm³/mol. The van der Waals surface area contributed by atoms with Crippen molar-refractivity contribution in [1.82, 2.24) is 15.6 Å². The number of nitrogens with zero attached hydrogens (tertiary/aromatic N) is 1. The highest BCUT2D eigenvalue weighted by atomic mass is 127. The molecular formula is C24H33IN4O3. The van der Waals surface area contributed by atoms with E-state index in [4.69, 9.17) is 19.6 Å². The third-order valence-electron chi connectivity index (χ3n) is 5.04. The molecule has 0 radical (unpaired) electrons. The van der Waals surface area contributed by atoms with Gasteiger partial charge in [0.05, 0.1) is 20.3 Å². The number of aromatic nitrogens is 1. The van der Waals surface area contributed by atoms with Crippen molar-refractivity contribution in [2.24, 2.45) is 4.99 Å². The summed E-state index contributed by atoms with van der Waals surface area (Å²) in [4.78, 5) is 8.16. The van der Waals surface area contributed by atoms with Gasteiger partial charge >= 0.3 is 0 Å². The van der Waals surface area contributed by atoms with E-state index < -0.39 is 0 Å². The summed E-state index contributed by atoms with van der Waals surface area (Å²) in [7, 11) is 1.60. The van der Waals surface area contributed by atoms with Crippen LogP contribution in [0.15, 0.2) is 47.5 Å². The van der Waals surface area contributed by atoms with Crippen molar-refractivity contribution in [3.05, 3.63) is 59.3 Å². The Morgan fingerprint density at radius 2 is 1.94 bits per heavy atom. The zero-order valence-corrected chi connectivity index (χ0v) is 21.2. The Balaban J connectivity index is 0.00000363. The van der Waals surface area contributed by atoms with Gasteiger partial charge in [-0.2, -0.15) is 0 Å². The Hall–Kier alpha value is -2.46. The number of methoxy groups -OCH3 is 1. The van der Waals surface area contributed by atoms with Crippen molar-refractivity contribution in [3.8, 4) is 11.5 Å². The number of aliphatic hydroxyl groups excluding tert-OH is 1. The normalized spacial score (nSPS) is 11.2. The number of aromatic amines is 1. The van der Waals surface area contributed by atoms with Crippen molar-refractivity contribution < 1.29 is 14.6 Å². The van der Waals surface area contributed by atoms with Gasteiger partial charge < -0.3 is 30.2 Å². The molecule has 0 aliphatic carbocycles. The second-order valence-corrected chi connectivity index (χ2v) is 7.20. The van der Waals surface area contributed by atoms with Gasteiger partial charge in [-0.3, -0.25) is 0 Å². The summed E-state index contributed by atoms with van der Waals surface area (Å²) in [5.74, 6) is 2.02. The number of benzene rings is 2. The van der Waals surface area contributed by atoms with E-state index in [9.17, 15) is 0 Å². The van der Waals surface area contributed by atoms with Crippen molar-refractivity contribution in [1.29, 1.82) is 0 Å². The first-order valence-electron chi connectivity index (χ1n) is 10.6. The number of hydrogen-bond donors (Lipinski definition) is 4. The number of para-hydroxylation sites is 1. The lowest BCUT2D eigenvalue weighted by molar-refractivity contribution is 0.196. The van der Waals surface area contributed by atoms with E-state index in [0.29, 0.717) is 18.0 Å². The first-order chi connectivity index (χ1) is 15.2. The Labute approximate surface area is 206 Å². The molecule has 0 saturated carbocycles. The van der Waals surface area contributed by atoms with Gasteiger partial charge in [-0.05, 0) is 49.6 Å². The Kier molecular flexibility index (Phi) is 10.6. The number of nitrogens with one attached hydrogen (secondary N) is 3. The molecule has 8 heteroatoms. The molecule has 1 aromatic heterocycles. The fourth-order valence-corrected chi connectivity index (χ4v) is 3.56. The molecule has 0 aliphatic rings. The van der Waals surface area contributed by atoms with Crippen LogP contribution in [0.4, 0.5) is 0 Å². The van der Waals surface area contributed by atoms with Crippen molar-refractivity contribution in [2.75, 3.05) is 33.4 Å². The summed E-state index contributed by atoms with van der Waals surface area (Å²) in [6.07, 6.45) is 0.908. The molecule has 7 nitrogen and oxygen atoms in total. The van der Waals surface area contributed by atoms with Crippen molar-refractivity contribution >= 4 is 40.8 Å². The van der Waals surface area contributed by atoms with E-state index in [0.717, 1.165) is 31.0 Å². The molecular weight excluding hydrogens is 519 g/mol. The molecule has 0 atom stereocenters. The van der Waals surface area contributed by atoms with Gasteiger partial charge in [0.15, 0.2) is 17.5 Å². The standard InChI is InChI=1S/C24H32N4O3.HI/c1-4-25-24(26-12-11-19-17(2)28-21-8-6-5-7-20(19)21)27-16-18-9-10-22(31-14-13-29)23(15-18)30-3;/h5-10,15,28-29H,4,11-14,16H2,1-3H3,(H2,25,26,27);1H. The summed E-state index contributed by atoms with van der Waals surface area (Å²) in [5, 5.41) is 16.9. The van der Waals surface area contributed by atoms with E-state index in [-0.39, 0.29) is 37.2 Å². The third-order valence-corrected chi connectivity index (χ3v) is 5.04. The van der Waals surface area contributed by atoms with Crippen LogP contribution in [0.5, 0.6) is 11.5 Å². The minimum Gasteiger partial charge on any atom is -0.493 e. The zero-order valence-electron chi connectivity index (χ0n) is 18.9. The topological polar surface area (TPSA) is 90.9 Å². The molecule has 0 fully saturated rings. The van der Waals surface area contributed by atoms with Crippen LogP contribution in [0.3, 0.4) is 0 Å². The van der Waals surface area contributed by atoms with Crippen LogP contribution in [0.25, 0.3) is 10.9 Å². The van der Waals surface area contributed by atoms with Gasteiger partial charge in [0, 0.05) is 29.7 Å². The molecule has 32 heavy (non-hydrogen) atoms. The van der Waals surface area contributed by atoms with Gasteiger partial charge in [0.2, 0.25) is 0 Å². The molecule has 0 saturated heterocycles. The second-order valence-electron chi connectivity index (χ2n) is 7.20. The maximum atomic E-state index is 8.94. The largest absolute Gasteiger partial charge is 0.493 e. The second kappa shape index (κ2) is 13.2. The highest BCUT2D eigenvalue weighted by Gasteiger charge is 2.09. The quantitative estimate of drug-likeness (QED) is 0.175. The number of aryl methyl sites for hydroxylation is 1. The van der Waals surface area contributed by atoms with Gasteiger partial charge in [0.25, 0.3) is 0 Å². The van der Waals surface area contributed by atoms with Crippen molar-refractivity contribution in [2.45, 2.75) is 26.8 Å². The summed E-state index contributed by atoms with van der Waals surface area (Å²) in [5.41, 5.74) is 4.73. The van der Waals surface area contributed by atoms with E-state index >= 15 is 0 Å². The van der Waals surface area contributed by atoms with Crippen LogP contribution in [-0.4, -0.2) is 49.5 Å². The van der Waals surface area contributed by atoms with Crippen LogP contribution in [0.1, 0.15) is 23.7 Å². The molecule has 0 unspecified atom stereocenters. The first kappa shape index (κ1) is 25.8.